The van der Waals surface area contributed by atoms with Crippen molar-refractivity contribution >= 4 is 5.91 Å². The summed E-state index contributed by atoms with van der Waals surface area (Å²) in [5.41, 5.74) is 6.93. The van der Waals surface area contributed by atoms with E-state index in [0.717, 1.165) is 11.3 Å². The average Bonchev–Trinajstić information content (AvgIpc) is 2.99. The second kappa shape index (κ2) is 6.95. The summed E-state index contributed by atoms with van der Waals surface area (Å²) in [5, 5.41) is 9.25. The highest BCUT2D eigenvalue weighted by Crippen LogP contribution is 2.12. The minimum Gasteiger partial charge on any atom is -0.508 e. The molecular formula is C16H20N2O3. The van der Waals surface area contributed by atoms with Gasteiger partial charge in [0.2, 0.25) is 5.91 Å². The van der Waals surface area contributed by atoms with Crippen molar-refractivity contribution in [1.82, 2.24) is 4.90 Å². The van der Waals surface area contributed by atoms with Crippen LogP contribution in [0.3, 0.4) is 0 Å². The molecule has 5 nitrogen and oxygen atoms in total. The van der Waals surface area contributed by atoms with Gasteiger partial charge in [0.1, 0.15) is 11.5 Å². The Kier molecular flexibility index (Phi) is 5.00. The van der Waals surface area contributed by atoms with Crippen LogP contribution < -0.4 is 5.73 Å². The standard InChI is InChI=1S/C16H20N2O3/c1-2-18(11-14-4-3-9-21-14)16(20)15(17)10-12-5-7-13(19)8-6-12/h3-9,15,19H,2,10-11,17H2,1H3/t15-/m1/s1. The molecule has 112 valence electrons. The number of nitrogens with zero attached hydrogens (tertiary/aromatic N) is 1. The van der Waals surface area contributed by atoms with Crippen LogP contribution in [-0.2, 0) is 17.8 Å². The first kappa shape index (κ1) is 15.1. The number of aromatic hydroxyl groups is 1. The van der Waals surface area contributed by atoms with E-state index in [2.05, 4.69) is 0 Å². The third kappa shape index (κ3) is 4.10. The van der Waals surface area contributed by atoms with Crippen molar-refractivity contribution in [2.45, 2.75) is 25.9 Å². The zero-order chi connectivity index (χ0) is 15.2. The van der Waals surface area contributed by atoms with Gasteiger partial charge in [-0.2, -0.15) is 0 Å². The van der Waals surface area contributed by atoms with Crippen LogP contribution in [0.25, 0.3) is 0 Å². The molecular weight excluding hydrogens is 268 g/mol. The van der Waals surface area contributed by atoms with Gasteiger partial charge in [-0.1, -0.05) is 12.1 Å². The minimum atomic E-state index is -0.607. The fraction of sp³-hybridized carbons (Fsp3) is 0.312. The van der Waals surface area contributed by atoms with Crippen LogP contribution >= 0.6 is 0 Å². The SMILES string of the molecule is CCN(Cc1ccco1)C(=O)[C@H](N)Cc1ccc(O)cc1. The molecule has 0 aliphatic heterocycles. The zero-order valence-corrected chi connectivity index (χ0v) is 12.0. The molecule has 0 fully saturated rings. The minimum absolute atomic E-state index is 0.109. The van der Waals surface area contributed by atoms with Gasteiger partial charge in [0.25, 0.3) is 0 Å². The molecule has 2 rings (SSSR count). The van der Waals surface area contributed by atoms with E-state index in [1.54, 1.807) is 41.5 Å². The summed E-state index contributed by atoms with van der Waals surface area (Å²) in [4.78, 5) is 14.1. The highest BCUT2D eigenvalue weighted by atomic mass is 16.3. The number of phenolic OH excluding ortho intramolecular Hbond substituents is 1. The molecule has 3 N–H and O–H groups in total. The molecule has 0 saturated heterocycles. The zero-order valence-electron chi connectivity index (χ0n) is 12.0. The van der Waals surface area contributed by atoms with Crippen molar-refractivity contribution in [2.24, 2.45) is 5.73 Å². The number of carbonyl (C=O) groups is 1. The Hall–Kier alpha value is -2.27. The first-order valence-corrected chi connectivity index (χ1v) is 6.94. The van der Waals surface area contributed by atoms with E-state index in [-0.39, 0.29) is 11.7 Å². The summed E-state index contributed by atoms with van der Waals surface area (Å²) in [6.45, 7) is 2.91. The molecule has 1 aromatic carbocycles. The third-order valence-corrected chi connectivity index (χ3v) is 3.33. The number of rotatable bonds is 6. The van der Waals surface area contributed by atoms with Crippen molar-refractivity contribution in [1.29, 1.82) is 0 Å². The molecule has 1 aromatic heterocycles. The summed E-state index contributed by atoms with van der Waals surface area (Å²) in [6, 6.07) is 9.74. The van der Waals surface area contributed by atoms with Crippen molar-refractivity contribution in [3.63, 3.8) is 0 Å². The molecule has 2 aromatic rings. The number of hydrogen-bond donors (Lipinski definition) is 2. The molecule has 1 atom stereocenters. The van der Waals surface area contributed by atoms with Crippen LogP contribution in [0.2, 0.25) is 0 Å². The number of phenols is 1. The Balaban J connectivity index is 1.97. The Morgan fingerprint density at radius 1 is 1.33 bits per heavy atom. The van der Waals surface area contributed by atoms with Crippen molar-refractivity contribution in [3.05, 3.63) is 54.0 Å². The van der Waals surface area contributed by atoms with E-state index in [4.69, 9.17) is 10.2 Å². The van der Waals surface area contributed by atoms with Crippen LogP contribution in [0, 0.1) is 0 Å². The molecule has 0 aliphatic carbocycles. The second-order valence-electron chi connectivity index (χ2n) is 4.91. The average molecular weight is 288 g/mol. The fourth-order valence-electron chi connectivity index (χ4n) is 2.14. The predicted molar refractivity (Wildman–Crippen MR) is 79.6 cm³/mol. The number of furan rings is 1. The monoisotopic (exact) mass is 288 g/mol. The van der Waals surface area contributed by atoms with Crippen LogP contribution in [0.4, 0.5) is 0 Å². The number of amides is 1. The Morgan fingerprint density at radius 3 is 2.62 bits per heavy atom. The number of hydrogen-bond acceptors (Lipinski definition) is 4. The Bertz CT molecular complexity index is 564. The largest absolute Gasteiger partial charge is 0.508 e. The topological polar surface area (TPSA) is 79.7 Å². The van der Waals surface area contributed by atoms with E-state index >= 15 is 0 Å². The lowest BCUT2D eigenvalue weighted by atomic mass is 10.1. The molecule has 5 heteroatoms. The predicted octanol–water partition coefficient (Wildman–Crippen LogP) is 1.90. The van der Waals surface area contributed by atoms with Gasteiger partial charge in [-0.3, -0.25) is 4.79 Å². The van der Waals surface area contributed by atoms with Crippen LogP contribution in [0.15, 0.2) is 47.1 Å². The molecule has 1 heterocycles. The van der Waals surface area contributed by atoms with E-state index in [1.807, 2.05) is 13.0 Å². The smallest absolute Gasteiger partial charge is 0.240 e. The normalized spacial score (nSPS) is 12.1. The maximum atomic E-state index is 12.4. The molecule has 0 bridgehead atoms. The van der Waals surface area contributed by atoms with Gasteiger partial charge in [0, 0.05) is 6.54 Å². The molecule has 0 radical (unpaired) electrons. The first-order valence-electron chi connectivity index (χ1n) is 6.94. The van der Waals surface area contributed by atoms with Crippen molar-refractivity contribution in [3.8, 4) is 5.75 Å². The van der Waals surface area contributed by atoms with Crippen molar-refractivity contribution in [2.75, 3.05) is 6.54 Å². The van der Waals surface area contributed by atoms with Gasteiger partial charge in [-0.25, -0.2) is 0 Å². The van der Waals surface area contributed by atoms with E-state index in [1.165, 1.54) is 0 Å². The third-order valence-electron chi connectivity index (χ3n) is 3.33. The van der Waals surface area contributed by atoms with E-state index in [9.17, 15) is 9.90 Å². The van der Waals surface area contributed by atoms with Gasteiger partial charge < -0.3 is 20.2 Å². The van der Waals surface area contributed by atoms with E-state index < -0.39 is 6.04 Å². The van der Waals surface area contributed by atoms with Gasteiger partial charge in [-0.15, -0.1) is 0 Å². The Morgan fingerprint density at radius 2 is 2.05 bits per heavy atom. The summed E-state index contributed by atoms with van der Waals surface area (Å²) in [7, 11) is 0. The maximum absolute atomic E-state index is 12.4. The molecule has 1 amide bonds. The summed E-state index contributed by atoms with van der Waals surface area (Å²) < 4.78 is 5.26. The highest BCUT2D eigenvalue weighted by Gasteiger charge is 2.21. The number of nitrogens with two attached hydrogens (primary N) is 1. The molecule has 0 unspecified atom stereocenters. The lowest BCUT2D eigenvalue weighted by molar-refractivity contribution is -0.133. The second-order valence-corrected chi connectivity index (χ2v) is 4.91. The number of carbonyl (C=O) groups excluding carboxylic acids is 1. The van der Waals surface area contributed by atoms with Gasteiger partial charge in [-0.05, 0) is 43.2 Å². The molecule has 21 heavy (non-hydrogen) atoms. The van der Waals surface area contributed by atoms with Gasteiger partial charge in [0.15, 0.2) is 0 Å². The highest BCUT2D eigenvalue weighted by molar-refractivity contribution is 5.81. The molecule has 0 spiro atoms. The Labute approximate surface area is 124 Å². The summed E-state index contributed by atoms with van der Waals surface area (Å²) in [6.07, 6.45) is 2.03. The lowest BCUT2D eigenvalue weighted by Crippen LogP contribution is -2.44. The fourth-order valence-corrected chi connectivity index (χ4v) is 2.14. The molecule has 0 aliphatic rings. The van der Waals surface area contributed by atoms with Gasteiger partial charge >= 0.3 is 0 Å². The number of benzene rings is 1. The summed E-state index contributed by atoms with van der Waals surface area (Å²) >= 11 is 0. The van der Waals surface area contributed by atoms with Crippen LogP contribution in [0.1, 0.15) is 18.2 Å². The first-order chi connectivity index (χ1) is 10.1. The van der Waals surface area contributed by atoms with Crippen LogP contribution in [0.5, 0.6) is 5.75 Å². The summed E-state index contributed by atoms with van der Waals surface area (Å²) in [5.74, 6) is 0.829. The van der Waals surface area contributed by atoms with E-state index in [0.29, 0.717) is 19.5 Å². The lowest BCUT2D eigenvalue weighted by Gasteiger charge is -2.23. The quantitative estimate of drug-likeness (QED) is 0.851. The van der Waals surface area contributed by atoms with Crippen molar-refractivity contribution < 1.29 is 14.3 Å². The van der Waals surface area contributed by atoms with Gasteiger partial charge in [0.05, 0.1) is 18.8 Å². The molecule has 0 saturated carbocycles. The number of likely N-dealkylation sites (N-methyl/N-ethyl adjacent to an activating group) is 1. The maximum Gasteiger partial charge on any atom is 0.240 e. The van der Waals surface area contributed by atoms with Crippen LogP contribution in [-0.4, -0.2) is 28.5 Å².